The smallest absolute Gasteiger partial charge is 0.0946 e. The fourth-order valence-electron chi connectivity index (χ4n) is 2.73. The number of para-hydroxylation sites is 1. The van der Waals surface area contributed by atoms with Gasteiger partial charge in [0.25, 0.3) is 0 Å². The number of hydrogen-bond acceptors (Lipinski definition) is 4. The van der Waals surface area contributed by atoms with E-state index in [1.165, 1.54) is 5.39 Å². The first-order valence-electron chi connectivity index (χ1n) is 7.11. The van der Waals surface area contributed by atoms with Crippen molar-refractivity contribution in [1.82, 2.24) is 24.8 Å². The monoisotopic (exact) mass is 284 g/mol. The van der Waals surface area contributed by atoms with Crippen LogP contribution in [0.4, 0.5) is 0 Å². The number of nitrogens with two attached hydrogens (primary N) is 1. The minimum atomic E-state index is -0.0129. The number of nitrogens with one attached hydrogen (secondary N) is 1. The molecular formula is C15H20N6. The second-order valence-electron chi connectivity index (χ2n) is 5.13. The van der Waals surface area contributed by atoms with E-state index in [2.05, 4.69) is 29.5 Å². The fraction of sp³-hybridized carbons (Fsp3) is 0.333. The van der Waals surface area contributed by atoms with Crippen LogP contribution in [0.5, 0.6) is 0 Å². The second kappa shape index (κ2) is 5.67. The van der Waals surface area contributed by atoms with Gasteiger partial charge in [0.1, 0.15) is 0 Å². The number of imidazole rings is 1. The van der Waals surface area contributed by atoms with Crippen LogP contribution in [-0.4, -0.2) is 19.3 Å². The number of aryl methyl sites for hydroxylation is 2. The van der Waals surface area contributed by atoms with E-state index in [9.17, 15) is 0 Å². The average molecular weight is 284 g/mol. The zero-order chi connectivity index (χ0) is 14.8. The standard InChI is InChI=1S/C15H20N6/c1-3-21-14-7-5-4-6-11(14)12(19-21)8-13(18-16)15-9-17-10-20(15)2/h4-7,9-10,13,18H,3,8,16H2,1-2H3. The molecule has 1 atom stereocenters. The van der Waals surface area contributed by atoms with E-state index in [-0.39, 0.29) is 6.04 Å². The van der Waals surface area contributed by atoms with Gasteiger partial charge in [-0.1, -0.05) is 18.2 Å². The van der Waals surface area contributed by atoms with Crippen LogP contribution < -0.4 is 11.3 Å². The highest BCUT2D eigenvalue weighted by Gasteiger charge is 2.18. The molecule has 0 bridgehead atoms. The Labute approximate surface area is 123 Å². The SMILES string of the molecule is CCn1nc(CC(NN)c2cncn2C)c2ccccc21. The first-order chi connectivity index (χ1) is 10.2. The first kappa shape index (κ1) is 13.8. The predicted molar refractivity (Wildman–Crippen MR) is 82.4 cm³/mol. The zero-order valence-electron chi connectivity index (χ0n) is 12.3. The molecule has 2 aromatic heterocycles. The Bertz CT molecular complexity index is 742. The quantitative estimate of drug-likeness (QED) is 0.550. The number of benzene rings is 1. The van der Waals surface area contributed by atoms with Crippen molar-refractivity contribution in [3.05, 3.63) is 48.2 Å². The average Bonchev–Trinajstić information content (AvgIpc) is 3.09. The van der Waals surface area contributed by atoms with E-state index in [0.29, 0.717) is 0 Å². The Morgan fingerprint density at radius 2 is 2.14 bits per heavy atom. The molecule has 0 aliphatic rings. The van der Waals surface area contributed by atoms with Gasteiger partial charge in [-0.15, -0.1) is 0 Å². The molecular weight excluding hydrogens is 264 g/mol. The highest BCUT2D eigenvalue weighted by molar-refractivity contribution is 5.82. The number of fused-ring (bicyclic) bond motifs is 1. The van der Waals surface area contributed by atoms with Crippen molar-refractivity contribution in [1.29, 1.82) is 0 Å². The maximum absolute atomic E-state index is 5.74. The van der Waals surface area contributed by atoms with Gasteiger partial charge in [-0.2, -0.15) is 5.10 Å². The van der Waals surface area contributed by atoms with Crippen LogP contribution in [0, 0.1) is 0 Å². The third kappa shape index (κ3) is 2.43. The van der Waals surface area contributed by atoms with Gasteiger partial charge >= 0.3 is 0 Å². The summed E-state index contributed by atoms with van der Waals surface area (Å²) in [6.45, 7) is 2.95. The van der Waals surface area contributed by atoms with E-state index in [1.54, 1.807) is 6.33 Å². The van der Waals surface area contributed by atoms with Crippen molar-refractivity contribution >= 4 is 10.9 Å². The van der Waals surface area contributed by atoms with Gasteiger partial charge in [0, 0.05) is 31.6 Å². The zero-order valence-corrected chi connectivity index (χ0v) is 12.3. The maximum Gasteiger partial charge on any atom is 0.0946 e. The predicted octanol–water partition coefficient (Wildman–Crippen LogP) is 1.54. The van der Waals surface area contributed by atoms with E-state index in [1.807, 2.05) is 34.6 Å². The maximum atomic E-state index is 5.74. The molecule has 0 saturated carbocycles. The summed E-state index contributed by atoms with van der Waals surface area (Å²) in [4.78, 5) is 4.16. The lowest BCUT2D eigenvalue weighted by molar-refractivity contribution is 0.512. The highest BCUT2D eigenvalue weighted by Crippen LogP contribution is 2.23. The number of hydrazine groups is 1. The van der Waals surface area contributed by atoms with E-state index >= 15 is 0 Å². The third-order valence-corrected chi connectivity index (χ3v) is 3.84. The molecule has 6 heteroatoms. The normalized spacial score (nSPS) is 12.9. The van der Waals surface area contributed by atoms with Crippen LogP contribution in [0.1, 0.15) is 24.4 Å². The van der Waals surface area contributed by atoms with Crippen molar-refractivity contribution < 1.29 is 0 Å². The molecule has 0 amide bonds. The molecule has 0 radical (unpaired) electrons. The molecule has 0 saturated heterocycles. The Morgan fingerprint density at radius 3 is 2.81 bits per heavy atom. The molecule has 0 spiro atoms. The molecule has 21 heavy (non-hydrogen) atoms. The summed E-state index contributed by atoms with van der Waals surface area (Å²) in [6, 6.07) is 8.29. The molecule has 0 fully saturated rings. The molecule has 3 aromatic rings. The van der Waals surface area contributed by atoms with Gasteiger partial charge < -0.3 is 4.57 Å². The molecule has 3 N–H and O–H groups in total. The topological polar surface area (TPSA) is 73.7 Å². The van der Waals surface area contributed by atoms with Crippen LogP contribution in [0.2, 0.25) is 0 Å². The van der Waals surface area contributed by atoms with E-state index in [4.69, 9.17) is 10.9 Å². The van der Waals surface area contributed by atoms with Crippen LogP contribution in [-0.2, 0) is 20.0 Å². The van der Waals surface area contributed by atoms with Crippen molar-refractivity contribution in [3.8, 4) is 0 Å². The van der Waals surface area contributed by atoms with Gasteiger partial charge in [-0.25, -0.2) is 4.98 Å². The lowest BCUT2D eigenvalue weighted by atomic mass is 10.1. The molecule has 0 aliphatic carbocycles. The van der Waals surface area contributed by atoms with Crippen molar-refractivity contribution in [2.24, 2.45) is 12.9 Å². The minimum absolute atomic E-state index is 0.0129. The second-order valence-corrected chi connectivity index (χ2v) is 5.13. The van der Waals surface area contributed by atoms with Gasteiger partial charge in [0.05, 0.1) is 29.3 Å². The van der Waals surface area contributed by atoms with Crippen molar-refractivity contribution in [2.75, 3.05) is 0 Å². The van der Waals surface area contributed by atoms with Crippen LogP contribution >= 0.6 is 0 Å². The summed E-state index contributed by atoms with van der Waals surface area (Å²) in [5, 5.41) is 5.91. The van der Waals surface area contributed by atoms with Gasteiger partial charge in [0.15, 0.2) is 0 Å². The molecule has 2 heterocycles. The highest BCUT2D eigenvalue weighted by atomic mass is 15.3. The van der Waals surface area contributed by atoms with Gasteiger partial charge in [-0.3, -0.25) is 16.0 Å². The molecule has 110 valence electrons. The number of hydrogen-bond donors (Lipinski definition) is 2. The summed E-state index contributed by atoms with van der Waals surface area (Å²) >= 11 is 0. The number of aromatic nitrogens is 4. The minimum Gasteiger partial charge on any atom is -0.336 e. The Hall–Kier alpha value is -2.18. The summed E-state index contributed by atoms with van der Waals surface area (Å²) in [7, 11) is 1.97. The first-order valence-corrected chi connectivity index (χ1v) is 7.11. The van der Waals surface area contributed by atoms with Crippen LogP contribution in [0.15, 0.2) is 36.8 Å². The summed E-state index contributed by atoms with van der Waals surface area (Å²) < 4.78 is 4.00. The lowest BCUT2D eigenvalue weighted by Gasteiger charge is -2.15. The molecule has 6 nitrogen and oxygen atoms in total. The largest absolute Gasteiger partial charge is 0.336 e. The van der Waals surface area contributed by atoms with E-state index in [0.717, 1.165) is 29.9 Å². The van der Waals surface area contributed by atoms with Crippen LogP contribution in [0.25, 0.3) is 10.9 Å². The third-order valence-electron chi connectivity index (χ3n) is 3.84. The molecule has 1 unspecified atom stereocenters. The molecule has 3 rings (SSSR count). The van der Waals surface area contributed by atoms with Gasteiger partial charge in [-0.05, 0) is 13.0 Å². The Balaban J connectivity index is 1.99. The Kier molecular flexibility index (Phi) is 3.72. The van der Waals surface area contributed by atoms with E-state index < -0.39 is 0 Å². The molecule has 0 aliphatic heterocycles. The number of nitrogens with zero attached hydrogens (tertiary/aromatic N) is 4. The number of rotatable bonds is 5. The van der Waals surface area contributed by atoms with Gasteiger partial charge in [0.2, 0.25) is 0 Å². The summed E-state index contributed by atoms with van der Waals surface area (Å²) in [5.41, 5.74) is 6.14. The van der Waals surface area contributed by atoms with Crippen LogP contribution in [0.3, 0.4) is 0 Å². The summed E-state index contributed by atoms with van der Waals surface area (Å²) in [6.07, 6.45) is 4.34. The van der Waals surface area contributed by atoms with Crippen molar-refractivity contribution in [3.63, 3.8) is 0 Å². The fourth-order valence-corrected chi connectivity index (χ4v) is 2.73. The lowest BCUT2D eigenvalue weighted by Crippen LogP contribution is -2.31. The van der Waals surface area contributed by atoms with Crippen molar-refractivity contribution in [2.45, 2.75) is 25.9 Å². The summed E-state index contributed by atoms with van der Waals surface area (Å²) in [5.74, 6) is 5.74. The molecule has 1 aromatic carbocycles. The Morgan fingerprint density at radius 1 is 1.33 bits per heavy atom.